The molecule has 0 aliphatic rings. The lowest BCUT2D eigenvalue weighted by Gasteiger charge is -2.18. The van der Waals surface area contributed by atoms with Crippen molar-refractivity contribution in [1.82, 2.24) is 9.97 Å². The summed E-state index contributed by atoms with van der Waals surface area (Å²) in [4.78, 5) is 8.18. The van der Waals surface area contributed by atoms with Crippen molar-refractivity contribution in [2.75, 3.05) is 7.11 Å². The fourth-order valence-electron chi connectivity index (χ4n) is 3.35. The van der Waals surface area contributed by atoms with Gasteiger partial charge in [-0.3, -0.25) is 0 Å². The molecular weight excluding hydrogens is 396 g/mol. The van der Waals surface area contributed by atoms with Gasteiger partial charge in [0.2, 0.25) is 0 Å². The van der Waals surface area contributed by atoms with E-state index in [2.05, 4.69) is 44.0 Å². The van der Waals surface area contributed by atoms with Crippen LogP contribution < -0.4 is 9.47 Å². The standard InChI is InChI=1S/C25H25ClN2O2/c1-25(2,3)18-10-12-20-21(14-18)28-24(27-20)16-9-11-19(26)23(13-16)30-15-17-7-5-6-8-22(17)29-4/h5-14H,15H2,1-4H3,(H,27,28). The maximum atomic E-state index is 6.39. The summed E-state index contributed by atoms with van der Waals surface area (Å²) in [5.74, 6) is 2.18. The predicted octanol–water partition coefficient (Wildman–Crippen LogP) is 6.77. The molecule has 1 aromatic heterocycles. The molecule has 0 spiro atoms. The van der Waals surface area contributed by atoms with Crippen molar-refractivity contribution >= 4 is 22.6 Å². The highest BCUT2D eigenvalue weighted by atomic mass is 35.5. The zero-order valence-corrected chi connectivity index (χ0v) is 18.4. The molecule has 0 saturated heterocycles. The van der Waals surface area contributed by atoms with Crippen molar-refractivity contribution < 1.29 is 9.47 Å². The molecule has 0 atom stereocenters. The molecule has 0 radical (unpaired) electrons. The molecule has 4 rings (SSSR count). The number of hydrogen-bond donors (Lipinski definition) is 1. The monoisotopic (exact) mass is 420 g/mol. The van der Waals surface area contributed by atoms with Crippen LogP contribution in [0.4, 0.5) is 0 Å². The molecule has 1 heterocycles. The maximum Gasteiger partial charge on any atom is 0.139 e. The summed E-state index contributed by atoms with van der Waals surface area (Å²) in [5, 5.41) is 0.555. The molecule has 154 valence electrons. The average molecular weight is 421 g/mol. The van der Waals surface area contributed by atoms with Gasteiger partial charge in [-0.05, 0) is 47.4 Å². The Morgan fingerprint density at radius 2 is 1.77 bits per heavy atom. The summed E-state index contributed by atoms with van der Waals surface area (Å²) < 4.78 is 11.4. The first-order valence-corrected chi connectivity index (χ1v) is 10.3. The first-order valence-electron chi connectivity index (χ1n) is 9.90. The Kier molecular flexibility index (Phi) is 5.44. The van der Waals surface area contributed by atoms with Crippen molar-refractivity contribution in [3.63, 3.8) is 0 Å². The van der Waals surface area contributed by atoms with Gasteiger partial charge in [0.1, 0.15) is 23.9 Å². The van der Waals surface area contributed by atoms with E-state index in [9.17, 15) is 0 Å². The van der Waals surface area contributed by atoms with Gasteiger partial charge in [-0.1, -0.05) is 56.6 Å². The van der Waals surface area contributed by atoms with Crippen LogP contribution in [0.15, 0.2) is 60.7 Å². The first kappa shape index (κ1) is 20.3. The van der Waals surface area contributed by atoms with Crippen LogP contribution in [0.25, 0.3) is 22.4 Å². The largest absolute Gasteiger partial charge is 0.496 e. The zero-order valence-electron chi connectivity index (χ0n) is 17.6. The van der Waals surface area contributed by atoms with Gasteiger partial charge < -0.3 is 14.5 Å². The summed E-state index contributed by atoms with van der Waals surface area (Å²) in [6.07, 6.45) is 0. The number of hydrogen-bond acceptors (Lipinski definition) is 3. The fraction of sp³-hybridized carbons (Fsp3) is 0.240. The number of para-hydroxylation sites is 1. The number of nitrogens with one attached hydrogen (secondary N) is 1. The van der Waals surface area contributed by atoms with E-state index in [0.717, 1.165) is 33.7 Å². The smallest absolute Gasteiger partial charge is 0.139 e. The number of halogens is 1. The highest BCUT2D eigenvalue weighted by Crippen LogP contribution is 2.32. The van der Waals surface area contributed by atoms with Crippen LogP contribution in [0.1, 0.15) is 31.9 Å². The van der Waals surface area contributed by atoms with Gasteiger partial charge in [0.05, 0.1) is 23.2 Å². The van der Waals surface area contributed by atoms with E-state index in [1.54, 1.807) is 7.11 Å². The molecule has 0 amide bonds. The normalized spacial score (nSPS) is 11.6. The molecular formula is C25H25ClN2O2. The highest BCUT2D eigenvalue weighted by molar-refractivity contribution is 6.32. The molecule has 0 saturated carbocycles. The minimum Gasteiger partial charge on any atom is -0.496 e. The number of aromatic amines is 1. The van der Waals surface area contributed by atoms with Crippen LogP contribution >= 0.6 is 11.6 Å². The SMILES string of the molecule is COc1ccccc1COc1cc(-c2nc3ccc(C(C)(C)C)cc3[nH]2)ccc1Cl. The average Bonchev–Trinajstić information content (AvgIpc) is 3.16. The highest BCUT2D eigenvalue weighted by Gasteiger charge is 2.16. The third-order valence-corrected chi connectivity index (χ3v) is 5.44. The number of ether oxygens (including phenoxy) is 2. The summed E-state index contributed by atoms with van der Waals surface area (Å²) in [6.45, 7) is 6.98. The molecule has 4 aromatic rings. The number of rotatable bonds is 5. The molecule has 3 aromatic carbocycles. The number of fused-ring (bicyclic) bond motifs is 1. The summed E-state index contributed by atoms with van der Waals surface area (Å²) in [7, 11) is 1.65. The van der Waals surface area contributed by atoms with Crippen LogP contribution in [-0.4, -0.2) is 17.1 Å². The van der Waals surface area contributed by atoms with Crippen LogP contribution in [0.2, 0.25) is 5.02 Å². The van der Waals surface area contributed by atoms with Gasteiger partial charge in [-0.25, -0.2) is 4.98 Å². The third kappa shape index (κ3) is 4.14. The van der Waals surface area contributed by atoms with Crippen LogP contribution in [0.3, 0.4) is 0 Å². The Morgan fingerprint density at radius 3 is 2.53 bits per heavy atom. The fourth-order valence-corrected chi connectivity index (χ4v) is 3.52. The van der Waals surface area contributed by atoms with Gasteiger partial charge >= 0.3 is 0 Å². The minimum absolute atomic E-state index is 0.0826. The first-order chi connectivity index (χ1) is 14.3. The predicted molar refractivity (Wildman–Crippen MR) is 123 cm³/mol. The lowest BCUT2D eigenvalue weighted by molar-refractivity contribution is 0.297. The summed E-state index contributed by atoms with van der Waals surface area (Å²) in [6, 6.07) is 19.8. The Balaban J connectivity index is 1.62. The lowest BCUT2D eigenvalue weighted by atomic mass is 9.87. The van der Waals surface area contributed by atoms with Crippen molar-refractivity contribution in [3.8, 4) is 22.9 Å². The minimum atomic E-state index is 0.0826. The molecule has 4 nitrogen and oxygen atoms in total. The number of aromatic nitrogens is 2. The van der Waals surface area contributed by atoms with E-state index in [4.69, 9.17) is 26.1 Å². The van der Waals surface area contributed by atoms with E-state index in [-0.39, 0.29) is 5.41 Å². The lowest BCUT2D eigenvalue weighted by Crippen LogP contribution is -2.10. The third-order valence-electron chi connectivity index (χ3n) is 5.13. The van der Waals surface area contributed by atoms with Crippen LogP contribution in [0.5, 0.6) is 11.5 Å². The Morgan fingerprint density at radius 1 is 0.967 bits per heavy atom. The van der Waals surface area contributed by atoms with Crippen LogP contribution in [-0.2, 0) is 12.0 Å². The second kappa shape index (κ2) is 8.04. The molecule has 1 N–H and O–H groups in total. The number of nitrogens with zero attached hydrogens (tertiary/aromatic N) is 1. The number of H-pyrrole nitrogens is 1. The van der Waals surface area contributed by atoms with Crippen LogP contribution in [0, 0.1) is 0 Å². The Bertz CT molecular complexity index is 1190. The maximum absolute atomic E-state index is 6.39. The van der Waals surface area contributed by atoms with E-state index >= 15 is 0 Å². The second-order valence-electron chi connectivity index (χ2n) is 8.31. The number of imidazole rings is 1. The number of methoxy groups -OCH3 is 1. The molecule has 5 heteroatoms. The summed E-state index contributed by atoms with van der Waals surface area (Å²) >= 11 is 6.39. The topological polar surface area (TPSA) is 47.1 Å². The molecule has 0 aliphatic heterocycles. The molecule has 0 bridgehead atoms. The zero-order chi connectivity index (χ0) is 21.3. The van der Waals surface area contributed by atoms with E-state index in [1.165, 1.54) is 5.56 Å². The molecule has 0 fully saturated rings. The van der Waals surface area contributed by atoms with Gasteiger partial charge in [0.25, 0.3) is 0 Å². The van der Waals surface area contributed by atoms with Gasteiger partial charge in [0, 0.05) is 11.1 Å². The van der Waals surface area contributed by atoms with Crippen molar-refractivity contribution in [1.29, 1.82) is 0 Å². The molecule has 0 unspecified atom stereocenters. The van der Waals surface area contributed by atoms with Gasteiger partial charge in [-0.2, -0.15) is 0 Å². The quantitative estimate of drug-likeness (QED) is 0.387. The van der Waals surface area contributed by atoms with E-state index < -0.39 is 0 Å². The number of benzene rings is 3. The Labute approximate surface area is 181 Å². The summed E-state index contributed by atoms with van der Waals surface area (Å²) in [5.41, 5.74) is 5.18. The van der Waals surface area contributed by atoms with E-state index in [0.29, 0.717) is 17.4 Å². The van der Waals surface area contributed by atoms with Crippen molar-refractivity contribution in [2.24, 2.45) is 0 Å². The second-order valence-corrected chi connectivity index (χ2v) is 8.72. The van der Waals surface area contributed by atoms with Crippen molar-refractivity contribution in [3.05, 3.63) is 76.8 Å². The Hall–Kier alpha value is -2.98. The molecule has 0 aliphatic carbocycles. The van der Waals surface area contributed by atoms with E-state index in [1.807, 2.05) is 42.5 Å². The van der Waals surface area contributed by atoms with Crippen molar-refractivity contribution in [2.45, 2.75) is 32.8 Å². The molecule has 30 heavy (non-hydrogen) atoms. The van der Waals surface area contributed by atoms with Gasteiger partial charge in [-0.15, -0.1) is 0 Å². The van der Waals surface area contributed by atoms with Gasteiger partial charge in [0.15, 0.2) is 0 Å².